The number of anilines is 6. The second-order valence-electron chi connectivity index (χ2n) is 7.77. The maximum atomic E-state index is 12.7. The van der Waals surface area contributed by atoms with Crippen LogP contribution in [0.3, 0.4) is 0 Å². The molecule has 2 aromatic heterocycles. The van der Waals surface area contributed by atoms with Crippen LogP contribution in [0, 0.1) is 0 Å². The van der Waals surface area contributed by atoms with Gasteiger partial charge in [0.2, 0.25) is 5.95 Å². The molecule has 1 saturated heterocycles. The van der Waals surface area contributed by atoms with Crippen LogP contribution >= 0.6 is 0 Å². The van der Waals surface area contributed by atoms with E-state index < -0.39 is 0 Å². The zero-order valence-electron chi connectivity index (χ0n) is 17.5. The summed E-state index contributed by atoms with van der Waals surface area (Å²) in [5.74, 6) is 1.28. The van der Waals surface area contributed by atoms with E-state index in [1.54, 1.807) is 12.3 Å². The van der Waals surface area contributed by atoms with Gasteiger partial charge in [0, 0.05) is 33.2 Å². The summed E-state index contributed by atoms with van der Waals surface area (Å²) in [5.41, 5.74) is 3.23. The van der Waals surface area contributed by atoms with Crippen molar-refractivity contribution < 1.29 is 4.79 Å². The van der Waals surface area contributed by atoms with Crippen LogP contribution < -0.4 is 20.4 Å². The highest BCUT2D eigenvalue weighted by molar-refractivity contribution is 6.11. The van der Waals surface area contributed by atoms with E-state index in [1.165, 1.54) is 0 Å². The van der Waals surface area contributed by atoms with Crippen molar-refractivity contribution >= 4 is 40.6 Å². The molecule has 2 aliphatic heterocycles. The predicted molar refractivity (Wildman–Crippen MR) is 122 cm³/mol. The Morgan fingerprint density at radius 3 is 2.52 bits per heavy atom. The van der Waals surface area contributed by atoms with Crippen LogP contribution in [0.5, 0.6) is 0 Å². The molecule has 3 aromatic rings. The number of nitrogens with one attached hydrogen (secondary N) is 2. The van der Waals surface area contributed by atoms with Crippen molar-refractivity contribution in [1.82, 2.24) is 19.9 Å². The molecular formula is C22H24N8O. The van der Waals surface area contributed by atoms with E-state index in [1.807, 2.05) is 42.4 Å². The second-order valence-corrected chi connectivity index (χ2v) is 7.77. The van der Waals surface area contributed by atoms with E-state index in [4.69, 9.17) is 0 Å². The zero-order valence-corrected chi connectivity index (χ0v) is 17.5. The molecule has 158 valence electrons. The van der Waals surface area contributed by atoms with E-state index in [-0.39, 0.29) is 5.91 Å². The van der Waals surface area contributed by atoms with Gasteiger partial charge in [0.05, 0.1) is 29.3 Å². The Hall–Kier alpha value is -3.72. The van der Waals surface area contributed by atoms with Gasteiger partial charge in [-0.15, -0.1) is 0 Å². The molecule has 9 nitrogen and oxygen atoms in total. The standard InChI is InChI=1S/C22H24N8O/c1-28-9-11-30(12-10-28)15-7-8-19(23-13-15)25-22-24-14-18-20(27-22)26-21(31)16-5-3-4-6-17(16)29(18)2/h3-8,13-14H,9-12H2,1-2H3,(H2,23,24,25,26,27,31). The second kappa shape index (κ2) is 7.84. The monoisotopic (exact) mass is 416 g/mol. The molecule has 2 aliphatic rings. The molecule has 0 aliphatic carbocycles. The van der Waals surface area contributed by atoms with Gasteiger partial charge in [-0.1, -0.05) is 12.1 Å². The first-order chi connectivity index (χ1) is 15.1. The van der Waals surface area contributed by atoms with Crippen LogP contribution in [0.4, 0.5) is 34.6 Å². The summed E-state index contributed by atoms with van der Waals surface area (Å²) in [6.07, 6.45) is 3.56. The van der Waals surface area contributed by atoms with Crippen molar-refractivity contribution in [1.29, 1.82) is 0 Å². The number of hydrogen-bond donors (Lipinski definition) is 2. The van der Waals surface area contributed by atoms with Crippen LogP contribution in [0.1, 0.15) is 10.4 Å². The minimum Gasteiger partial charge on any atom is -0.368 e. The van der Waals surface area contributed by atoms with Crippen molar-refractivity contribution in [3.8, 4) is 0 Å². The normalized spacial score (nSPS) is 16.3. The molecule has 0 saturated carbocycles. The third-order valence-electron chi connectivity index (χ3n) is 5.73. The van der Waals surface area contributed by atoms with Gasteiger partial charge in [0.1, 0.15) is 11.5 Å². The van der Waals surface area contributed by atoms with Crippen molar-refractivity contribution in [3.05, 3.63) is 54.4 Å². The molecule has 0 bridgehead atoms. The van der Waals surface area contributed by atoms with E-state index in [2.05, 4.69) is 48.5 Å². The lowest BCUT2D eigenvalue weighted by molar-refractivity contribution is 0.102. The number of hydrogen-bond acceptors (Lipinski definition) is 8. The fraction of sp³-hybridized carbons (Fsp3) is 0.273. The minimum absolute atomic E-state index is 0.194. The number of aromatic nitrogens is 3. The average Bonchev–Trinajstić information content (AvgIpc) is 2.89. The molecule has 0 atom stereocenters. The summed E-state index contributed by atoms with van der Waals surface area (Å²) < 4.78 is 0. The molecule has 0 spiro atoms. The lowest BCUT2D eigenvalue weighted by atomic mass is 10.1. The fourth-order valence-corrected chi connectivity index (χ4v) is 3.86. The Labute approximate surface area is 180 Å². The van der Waals surface area contributed by atoms with Crippen LogP contribution in [-0.2, 0) is 0 Å². The number of carbonyl (C=O) groups excluding carboxylic acids is 1. The van der Waals surface area contributed by atoms with Crippen LogP contribution in [0.15, 0.2) is 48.8 Å². The van der Waals surface area contributed by atoms with Crippen LogP contribution in [0.2, 0.25) is 0 Å². The molecule has 9 heteroatoms. The smallest absolute Gasteiger partial charge is 0.258 e. The first-order valence-electron chi connectivity index (χ1n) is 10.3. The number of nitrogens with zero attached hydrogens (tertiary/aromatic N) is 6. The van der Waals surface area contributed by atoms with E-state index in [9.17, 15) is 4.79 Å². The van der Waals surface area contributed by atoms with Crippen molar-refractivity contribution in [2.45, 2.75) is 0 Å². The summed E-state index contributed by atoms with van der Waals surface area (Å²) in [6.45, 7) is 4.09. The van der Waals surface area contributed by atoms with Gasteiger partial charge >= 0.3 is 0 Å². The SMILES string of the molecule is CN1CCN(c2ccc(Nc3ncc4c(n3)NC(=O)c3ccccc3N4C)nc2)CC1. The van der Waals surface area contributed by atoms with Gasteiger partial charge in [-0.3, -0.25) is 4.79 Å². The molecular weight excluding hydrogens is 392 g/mol. The van der Waals surface area contributed by atoms with E-state index in [0.29, 0.717) is 23.1 Å². The number of pyridine rings is 1. The Morgan fingerprint density at radius 2 is 1.74 bits per heavy atom. The Kier molecular flexibility index (Phi) is 4.87. The van der Waals surface area contributed by atoms with Gasteiger partial charge in [-0.05, 0) is 31.3 Å². The lowest BCUT2D eigenvalue weighted by Crippen LogP contribution is -2.44. The first kappa shape index (κ1) is 19.3. The van der Waals surface area contributed by atoms with Crippen LogP contribution in [0.25, 0.3) is 0 Å². The Morgan fingerprint density at radius 1 is 0.935 bits per heavy atom. The molecule has 1 aromatic carbocycles. The quantitative estimate of drug-likeness (QED) is 0.674. The van der Waals surface area contributed by atoms with E-state index in [0.717, 1.165) is 43.2 Å². The summed E-state index contributed by atoms with van der Waals surface area (Å²) >= 11 is 0. The Balaban J connectivity index is 1.35. The number of para-hydroxylation sites is 1. The van der Waals surface area contributed by atoms with Gasteiger partial charge in [-0.25, -0.2) is 9.97 Å². The lowest BCUT2D eigenvalue weighted by Gasteiger charge is -2.33. The number of benzene rings is 1. The highest BCUT2D eigenvalue weighted by Gasteiger charge is 2.24. The number of likely N-dealkylation sites (N-methyl/N-ethyl adjacent to an activating group) is 1. The number of amides is 1. The molecule has 2 N–H and O–H groups in total. The molecule has 31 heavy (non-hydrogen) atoms. The molecule has 0 unspecified atom stereocenters. The largest absolute Gasteiger partial charge is 0.368 e. The van der Waals surface area contributed by atoms with Crippen molar-refractivity contribution in [3.63, 3.8) is 0 Å². The third kappa shape index (κ3) is 3.75. The summed E-state index contributed by atoms with van der Waals surface area (Å²) in [4.78, 5) is 32.7. The molecule has 1 fully saturated rings. The highest BCUT2D eigenvalue weighted by atomic mass is 16.1. The maximum Gasteiger partial charge on any atom is 0.258 e. The minimum atomic E-state index is -0.194. The van der Waals surface area contributed by atoms with Crippen molar-refractivity contribution in [2.75, 3.05) is 60.7 Å². The number of fused-ring (bicyclic) bond motifs is 2. The van der Waals surface area contributed by atoms with Gasteiger partial charge in [0.25, 0.3) is 5.91 Å². The zero-order chi connectivity index (χ0) is 21.4. The first-order valence-corrected chi connectivity index (χ1v) is 10.3. The molecule has 5 rings (SSSR count). The number of piperazine rings is 1. The highest BCUT2D eigenvalue weighted by Crippen LogP contribution is 2.35. The number of rotatable bonds is 3. The van der Waals surface area contributed by atoms with Gasteiger partial charge < -0.3 is 25.3 Å². The maximum absolute atomic E-state index is 12.7. The summed E-state index contributed by atoms with van der Waals surface area (Å²) in [7, 11) is 4.04. The van der Waals surface area contributed by atoms with Crippen LogP contribution in [-0.4, -0.2) is 66.0 Å². The Bertz CT molecular complexity index is 1110. The number of carbonyl (C=O) groups is 1. The van der Waals surface area contributed by atoms with Gasteiger partial charge in [-0.2, -0.15) is 4.98 Å². The molecule has 1 amide bonds. The van der Waals surface area contributed by atoms with Crippen molar-refractivity contribution in [2.24, 2.45) is 0 Å². The molecule has 0 radical (unpaired) electrons. The predicted octanol–water partition coefficient (Wildman–Crippen LogP) is 2.70. The third-order valence-corrected chi connectivity index (χ3v) is 5.73. The fourth-order valence-electron chi connectivity index (χ4n) is 3.86. The molecule has 4 heterocycles. The summed E-state index contributed by atoms with van der Waals surface area (Å²) in [5, 5.41) is 6.02. The van der Waals surface area contributed by atoms with Gasteiger partial charge in [0.15, 0.2) is 5.82 Å². The summed E-state index contributed by atoms with van der Waals surface area (Å²) in [6, 6.07) is 11.4. The topological polar surface area (TPSA) is 89.5 Å². The van der Waals surface area contributed by atoms with E-state index >= 15 is 0 Å². The average molecular weight is 416 g/mol.